The summed E-state index contributed by atoms with van der Waals surface area (Å²) >= 11 is 1.10. The predicted molar refractivity (Wildman–Crippen MR) is 53.0 cm³/mol. The molecule has 1 aromatic heterocycles. The molecular formula is C8H8N2O3S. The first-order valence-electron chi connectivity index (χ1n) is 4.02. The minimum Gasteiger partial charge on any atom is -0.477 e. The van der Waals surface area contributed by atoms with Crippen LogP contribution in [0.1, 0.15) is 16.6 Å². The number of carboxylic acid groups (broad SMARTS) is 1. The molecule has 0 aromatic carbocycles. The van der Waals surface area contributed by atoms with Crippen LogP contribution in [0.25, 0.3) is 0 Å². The van der Waals surface area contributed by atoms with Crippen LogP contribution in [0.3, 0.4) is 0 Å². The van der Waals surface area contributed by atoms with E-state index in [1.807, 2.05) is 0 Å². The van der Waals surface area contributed by atoms with Crippen molar-refractivity contribution in [3.63, 3.8) is 0 Å². The third kappa shape index (κ3) is 1.24. The maximum atomic E-state index is 11.3. The zero-order valence-corrected chi connectivity index (χ0v) is 8.14. The molecule has 0 radical (unpaired) electrons. The average Bonchev–Trinajstić information content (AvgIpc) is 2.48. The van der Waals surface area contributed by atoms with Gasteiger partial charge in [0.05, 0.1) is 11.4 Å². The maximum Gasteiger partial charge on any atom is 0.348 e. The first kappa shape index (κ1) is 9.01. The lowest BCUT2D eigenvalue weighted by atomic mass is 10.2. The number of carboxylic acids is 1. The van der Waals surface area contributed by atoms with Gasteiger partial charge in [-0.25, -0.2) is 4.79 Å². The van der Waals surface area contributed by atoms with Gasteiger partial charge >= 0.3 is 5.97 Å². The fourth-order valence-electron chi connectivity index (χ4n) is 1.28. The minimum atomic E-state index is -1.02. The third-order valence-electron chi connectivity index (χ3n) is 2.00. The Bertz CT molecular complexity index is 413. The molecule has 0 spiro atoms. The zero-order chi connectivity index (χ0) is 10.3. The molecule has 0 bridgehead atoms. The van der Waals surface area contributed by atoms with Crippen molar-refractivity contribution in [3.05, 3.63) is 10.3 Å². The number of hydrogen-bond donors (Lipinski definition) is 3. The van der Waals surface area contributed by atoms with Crippen LogP contribution in [0.5, 0.6) is 0 Å². The van der Waals surface area contributed by atoms with Crippen LogP contribution >= 0.6 is 11.3 Å². The summed E-state index contributed by atoms with van der Waals surface area (Å²) in [5.41, 5.74) is 1.06. The van der Waals surface area contributed by atoms with Crippen molar-refractivity contribution in [2.24, 2.45) is 0 Å². The second-order valence-corrected chi connectivity index (χ2v) is 3.89. The summed E-state index contributed by atoms with van der Waals surface area (Å²) in [6.07, 6.45) is 0. The van der Waals surface area contributed by atoms with Gasteiger partial charge in [-0.1, -0.05) is 0 Å². The van der Waals surface area contributed by atoms with Crippen molar-refractivity contribution < 1.29 is 14.7 Å². The third-order valence-corrected chi connectivity index (χ3v) is 2.97. The lowest BCUT2D eigenvalue weighted by Gasteiger charge is -2.21. The minimum absolute atomic E-state index is 0.160. The average molecular weight is 212 g/mol. The molecule has 5 nitrogen and oxygen atoms in total. The monoisotopic (exact) mass is 212 g/mol. The highest BCUT2D eigenvalue weighted by Gasteiger charge is 2.27. The molecule has 1 aliphatic rings. The first-order chi connectivity index (χ1) is 6.59. The van der Waals surface area contributed by atoms with Crippen LogP contribution in [-0.2, 0) is 4.79 Å². The van der Waals surface area contributed by atoms with Crippen molar-refractivity contribution in [1.82, 2.24) is 0 Å². The molecule has 0 saturated heterocycles. The van der Waals surface area contributed by atoms with E-state index in [4.69, 9.17) is 5.11 Å². The smallest absolute Gasteiger partial charge is 0.348 e. The van der Waals surface area contributed by atoms with E-state index in [-0.39, 0.29) is 16.8 Å². The molecule has 1 aromatic rings. The van der Waals surface area contributed by atoms with E-state index in [0.717, 1.165) is 11.3 Å². The Morgan fingerprint density at radius 3 is 3.00 bits per heavy atom. The van der Waals surface area contributed by atoms with Crippen LogP contribution in [0.2, 0.25) is 0 Å². The number of carbonyl (C=O) groups excluding carboxylic acids is 1. The van der Waals surface area contributed by atoms with E-state index < -0.39 is 5.97 Å². The lowest BCUT2D eigenvalue weighted by molar-refractivity contribution is -0.116. The molecule has 1 atom stereocenters. The van der Waals surface area contributed by atoms with E-state index in [0.29, 0.717) is 11.4 Å². The normalized spacial score (nSPS) is 19.5. The number of thiophene rings is 1. The summed E-state index contributed by atoms with van der Waals surface area (Å²) < 4.78 is 0. The van der Waals surface area contributed by atoms with E-state index >= 15 is 0 Å². The van der Waals surface area contributed by atoms with Crippen LogP contribution in [0, 0.1) is 0 Å². The van der Waals surface area contributed by atoms with Crippen LogP contribution in [0.15, 0.2) is 5.38 Å². The van der Waals surface area contributed by atoms with E-state index in [1.54, 1.807) is 12.3 Å². The molecule has 6 heteroatoms. The van der Waals surface area contributed by atoms with E-state index in [2.05, 4.69) is 10.6 Å². The quantitative estimate of drug-likeness (QED) is 0.653. The highest BCUT2D eigenvalue weighted by molar-refractivity contribution is 7.13. The van der Waals surface area contributed by atoms with Crippen molar-refractivity contribution >= 4 is 34.6 Å². The van der Waals surface area contributed by atoms with Gasteiger partial charge in [0.2, 0.25) is 5.91 Å². The van der Waals surface area contributed by atoms with Gasteiger partial charge in [0, 0.05) is 5.38 Å². The zero-order valence-electron chi connectivity index (χ0n) is 7.33. The van der Waals surface area contributed by atoms with Gasteiger partial charge < -0.3 is 15.7 Å². The van der Waals surface area contributed by atoms with Crippen molar-refractivity contribution in [2.45, 2.75) is 13.0 Å². The highest BCUT2D eigenvalue weighted by Crippen LogP contribution is 2.35. The van der Waals surface area contributed by atoms with Crippen LogP contribution < -0.4 is 10.6 Å². The summed E-state index contributed by atoms with van der Waals surface area (Å²) in [5.74, 6) is -1.23. The number of amides is 1. The molecule has 0 fully saturated rings. The van der Waals surface area contributed by atoms with Crippen molar-refractivity contribution in [2.75, 3.05) is 10.6 Å². The Morgan fingerprint density at radius 1 is 1.64 bits per heavy atom. The Kier molecular flexibility index (Phi) is 1.92. The lowest BCUT2D eigenvalue weighted by Crippen LogP contribution is -2.36. The predicted octanol–water partition coefficient (Wildman–Crippen LogP) is 1.20. The molecule has 0 aliphatic carbocycles. The van der Waals surface area contributed by atoms with Gasteiger partial charge in [0.25, 0.3) is 0 Å². The molecule has 74 valence electrons. The number of fused-ring (bicyclic) bond motifs is 1. The maximum absolute atomic E-state index is 11.3. The molecule has 14 heavy (non-hydrogen) atoms. The number of carbonyl (C=O) groups is 2. The number of anilines is 2. The van der Waals surface area contributed by atoms with Crippen molar-refractivity contribution in [3.8, 4) is 0 Å². The topological polar surface area (TPSA) is 78.4 Å². The van der Waals surface area contributed by atoms with Gasteiger partial charge in [-0.05, 0) is 6.92 Å². The molecule has 1 amide bonds. The highest BCUT2D eigenvalue weighted by atomic mass is 32.1. The van der Waals surface area contributed by atoms with Gasteiger partial charge in [0.15, 0.2) is 0 Å². The summed E-state index contributed by atoms with van der Waals surface area (Å²) in [4.78, 5) is 22.2. The van der Waals surface area contributed by atoms with Crippen LogP contribution in [0.4, 0.5) is 11.4 Å². The molecule has 3 N–H and O–H groups in total. The van der Waals surface area contributed by atoms with E-state index in [9.17, 15) is 9.59 Å². The van der Waals surface area contributed by atoms with Crippen molar-refractivity contribution in [1.29, 1.82) is 0 Å². The fraction of sp³-hybridized carbons (Fsp3) is 0.250. The Hall–Kier alpha value is -1.56. The fourth-order valence-corrected chi connectivity index (χ4v) is 2.08. The standard InChI is InChI=1S/C8H8N2O3S/c1-3-7(11)10-5-4(9-3)2-14-6(5)8(12)13/h2-3,9H,1H3,(H,10,11)(H,12,13). The summed E-state index contributed by atoms with van der Waals surface area (Å²) in [7, 11) is 0. The molecule has 2 rings (SSSR count). The Balaban J connectivity index is 2.45. The Labute approximate surface area is 83.7 Å². The summed E-state index contributed by atoms with van der Waals surface area (Å²) in [5, 5.41) is 16.0. The largest absolute Gasteiger partial charge is 0.477 e. The molecule has 1 aliphatic heterocycles. The first-order valence-corrected chi connectivity index (χ1v) is 4.89. The summed E-state index contributed by atoms with van der Waals surface area (Å²) in [6, 6.07) is -0.321. The number of hydrogen-bond acceptors (Lipinski definition) is 4. The number of aromatic carboxylic acids is 1. The molecule has 2 heterocycles. The molecular weight excluding hydrogens is 204 g/mol. The summed E-state index contributed by atoms with van der Waals surface area (Å²) in [6.45, 7) is 1.72. The second-order valence-electron chi connectivity index (χ2n) is 3.01. The second kappa shape index (κ2) is 2.98. The SMILES string of the molecule is CC1Nc2csc(C(=O)O)c2NC1=O. The van der Waals surface area contributed by atoms with Gasteiger partial charge in [-0.15, -0.1) is 11.3 Å². The number of rotatable bonds is 1. The van der Waals surface area contributed by atoms with E-state index in [1.165, 1.54) is 0 Å². The van der Waals surface area contributed by atoms with Gasteiger partial charge in [0.1, 0.15) is 10.9 Å². The Morgan fingerprint density at radius 2 is 2.36 bits per heavy atom. The molecule has 0 saturated carbocycles. The van der Waals surface area contributed by atoms with Gasteiger partial charge in [-0.3, -0.25) is 4.79 Å². The number of nitrogens with one attached hydrogen (secondary N) is 2. The molecule has 1 unspecified atom stereocenters. The van der Waals surface area contributed by atoms with Crippen LogP contribution in [-0.4, -0.2) is 23.0 Å². The van der Waals surface area contributed by atoms with Gasteiger partial charge in [-0.2, -0.15) is 0 Å².